The minimum absolute atomic E-state index is 0.0307. The third-order valence-corrected chi connectivity index (χ3v) is 5.10. The van der Waals surface area contributed by atoms with E-state index in [-0.39, 0.29) is 23.1 Å². The molecule has 0 aliphatic carbocycles. The van der Waals surface area contributed by atoms with Gasteiger partial charge in [0.15, 0.2) is 0 Å². The van der Waals surface area contributed by atoms with Crippen LogP contribution in [0.4, 0.5) is 14.5 Å². The number of para-hydroxylation sites is 1. The molecule has 0 radical (unpaired) electrons. The number of rotatable bonds is 5. The van der Waals surface area contributed by atoms with Gasteiger partial charge in [0.25, 0.3) is 5.56 Å². The summed E-state index contributed by atoms with van der Waals surface area (Å²) < 4.78 is 29.5. The lowest BCUT2D eigenvalue weighted by atomic mass is 10.1. The van der Waals surface area contributed by atoms with Gasteiger partial charge in [-0.1, -0.05) is 42.0 Å². The van der Waals surface area contributed by atoms with Gasteiger partial charge in [-0.2, -0.15) is 0 Å². The number of fused-ring (bicyclic) bond motifs is 1. The molecule has 1 heterocycles. The number of aryl methyl sites for hydroxylation is 1. The van der Waals surface area contributed by atoms with E-state index in [0.29, 0.717) is 0 Å². The van der Waals surface area contributed by atoms with Crippen molar-refractivity contribution in [2.75, 3.05) is 5.32 Å². The molecule has 4 rings (SSSR count). The molecule has 0 saturated carbocycles. The van der Waals surface area contributed by atoms with Crippen molar-refractivity contribution < 1.29 is 13.6 Å². The predicted octanol–water partition coefficient (Wildman–Crippen LogP) is 3.44. The lowest BCUT2D eigenvalue weighted by Gasteiger charge is -2.14. The Bertz CT molecular complexity index is 1440. The van der Waals surface area contributed by atoms with Gasteiger partial charge in [0.05, 0.1) is 23.1 Å². The first-order valence-electron chi connectivity index (χ1n) is 9.86. The maximum Gasteiger partial charge on any atom is 0.332 e. The summed E-state index contributed by atoms with van der Waals surface area (Å²) >= 11 is 0. The van der Waals surface area contributed by atoms with Crippen molar-refractivity contribution in [3.05, 3.63) is 110 Å². The molecule has 0 unspecified atom stereocenters. The fourth-order valence-electron chi connectivity index (χ4n) is 3.47. The minimum atomic E-state index is -0.804. The number of nitrogens with zero attached hydrogens (tertiary/aromatic N) is 2. The summed E-state index contributed by atoms with van der Waals surface area (Å²) in [6.45, 7) is 1.48. The van der Waals surface area contributed by atoms with Gasteiger partial charge in [0.2, 0.25) is 5.91 Å². The Hall–Kier alpha value is -4.07. The van der Waals surface area contributed by atoms with Crippen molar-refractivity contribution in [2.45, 2.75) is 20.0 Å². The zero-order chi connectivity index (χ0) is 22.8. The second-order valence-corrected chi connectivity index (χ2v) is 7.44. The lowest BCUT2D eigenvalue weighted by molar-refractivity contribution is -0.116. The first kappa shape index (κ1) is 21.2. The predicted molar refractivity (Wildman–Crippen MR) is 118 cm³/mol. The van der Waals surface area contributed by atoms with Crippen LogP contribution < -0.4 is 16.6 Å². The van der Waals surface area contributed by atoms with E-state index in [0.717, 1.165) is 38.5 Å². The number of aromatic nitrogens is 2. The van der Waals surface area contributed by atoms with Crippen LogP contribution in [0.1, 0.15) is 11.1 Å². The summed E-state index contributed by atoms with van der Waals surface area (Å²) in [7, 11) is 0. The Kier molecular flexibility index (Phi) is 5.68. The molecule has 0 saturated heterocycles. The molecule has 32 heavy (non-hydrogen) atoms. The highest BCUT2D eigenvalue weighted by atomic mass is 19.1. The summed E-state index contributed by atoms with van der Waals surface area (Å²) in [6.07, 6.45) is 0. The zero-order valence-corrected chi connectivity index (χ0v) is 17.1. The highest BCUT2D eigenvalue weighted by Gasteiger charge is 2.16. The van der Waals surface area contributed by atoms with Crippen molar-refractivity contribution in [2.24, 2.45) is 0 Å². The number of carbonyl (C=O) groups excluding carboxylic acids is 1. The highest BCUT2D eigenvalue weighted by molar-refractivity contribution is 5.91. The number of anilines is 1. The van der Waals surface area contributed by atoms with Crippen molar-refractivity contribution >= 4 is 22.5 Å². The number of hydrogen-bond donors (Lipinski definition) is 1. The lowest BCUT2D eigenvalue weighted by Crippen LogP contribution is -2.42. The Balaban J connectivity index is 1.75. The number of amides is 1. The Labute approximate surface area is 181 Å². The number of hydrogen-bond acceptors (Lipinski definition) is 3. The first-order chi connectivity index (χ1) is 15.3. The van der Waals surface area contributed by atoms with Gasteiger partial charge in [-0.15, -0.1) is 0 Å². The maximum absolute atomic E-state index is 13.9. The third-order valence-electron chi connectivity index (χ3n) is 5.10. The molecule has 0 spiro atoms. The molecule has 1 amide bonds. The smallest absolute Gasteiger partial charge is 0.322 e. The SMILES string of the molecule is Cc1ccc(Cn2c(=O)c3ccccc3n(CC(=O)Nc3cc(F)ccc3F)c2=O)cc1. The van der Waals surface area contributed by atoms with Gasteiger partial charge in [-0.05, 0) is 36.8 Å². The number of nitrogens with one attached hydrogen (secondary N) is 1. The molecule has 0 bridgehead atoms. The molecule has 1 N–H and O–H groups in total. The van der Waals surface area contributed by atoms with Crippen LogP contribution >= 0.6 is 0 Å². The third kappa shape index (κ3) is 4.20. The van der Waals surface area contributed by atoms with Crippen LogP contribution in [-0.4, -0.2) is 15.0 Å². The molecule has 6 nitrogen and oxygen atoms in total. The summed E-state index contributed by atoms with van der Waals surface area (Å²) in [6, 6.07) is 16.5. The fourth-order valence-corrected chi connectivity index (χ4v) is 3.47. The van der Waals surface area contributed by atoms with Crippen LogP contribution in [0.5, 0.6) is 0 Å². The van der Waals surface area contributed by atoms with Crippen molar-refractivity contribution in [3.63, 3.8) is 0 Å². The Morgan fingerprint density at radius 1 is 0.938 bits per heavy atom. The Morgan fingerprint density at radius 3 is 2.41 bits per heavy atom. The largest absolute Gasteiger partial charge is 0.332 e. The van der Waals surface area contributed by atoms with Crippen LogP contribution in [0.25, 0.3) is 10.9 Å². The second-order valence-electron chi connectivity index (χ2n) is 7.44. The number of carbonyl (C=O) groups is 1. The van der Waals surface area contributed by atoms with Crippen molar-refractivity contribution in [1.29, 1.82) is 0 Å². The van der Waals surface area contributed by atoms with Gasteiger partial charge >= 0.3 is 5.69 Å². The highest BCUT2D eigenvalue weighted by Crippen LogP contribution is 2.16. The van der Waals surface area contributed by atoms with Crippen molar-refractivity contribution in [3.8, 4) is 0 Å². The van der Waals surface area contributed by atoms with Gasteiger partial charge in [0.1, 0.15) is 18.2 Å². The van der Waals surface area contributed by atoms with E-state index < -0.39 is 35.3 Å². The summed E-state index contributed by atoms with van der Waals surface area (Å²) in [5.41, 5.74) is 0.585. The summed E-state index contributed by atoms with van der Waals surface area (Å²) in [5.74, 6) is -2.25. The van der Waals surface area contributed by atoms with E-state index in [1.165, 1.54) is 0 Å². The summed E-state index contributed by atoms with van der Waals surface area (Å²) in [4.78, 5) is 38.8. The standard InChI is InChI=1S/C24H19F2N3O3/c1-15-6-8-16(9-7-15)13-29-23(31)18-4-2-3-5-21(18)28(24(29)32)14-22(30)27-20-12-17(25)10-11-19(20)26/h2-12H,13-14H2,1H3,(H,27,30). The molecule has 3 aromatic carbocycles. The van der Waals surface area contributed by atoms with E-state index >= 15 is 0 Å². The summed E-state index contributed by atoms with van der Waals surface area (Å²) in [5, 5.41) is 2.55. The van der Waals surface area contributed by atoms with Gasteiger partial charge in [-0.3, -0.25) is 18.7 Å². The molecule has 1 aromatic heterocycles. The van der Waals surface area contributed by atoms with Crippen molar-refractivity contribution in [1.82, 2.24) is 9.13 Å². The second kappa shape index (κ2) is 8.58. The number of benzene rings is 3. The van der Waals surface area contributed by atoms with E-state index in [1.807, 2.05) is 31.2 Å². The molecule has 162 valence electrons. The van der Waals surface area contributed by atoms with Crippen LogP contribution in [-0.2, 0) is 17.9 Å². The minimum Gasteiger partial charge on any atom is -0.322 e. The van der Waals surface area contributed by atoms with Gasteiger partial charge in [0, 0.05) is 6.07 Å². The zero-order valence-electron chi connectivity index (χ0n) is 17.1. The van der Waals surface area contributed by atoms with Crippen LogP contribution in [0.3, 0.4) is 0 Å². The first-order valence-corrected chi connectivity index (χ1v) is 9.86. The van der Waals surface area contributed by atoms with Crippen LogP contribution in [0.15, 0.2) is 76.3 Å². The molecule has 0 aliphatic heterocycles. The average molecular weight is 435 g/mol. The van der Waals surface area contributed by atoms with Crippen LogP contribution in [0, 0.1) is 18.6 Å². The van der Waals surface area contributed by atoms with Gasteiger partial charge in [-0.25, -0.2) is 13.6 Å². The Morgan fingerprint density at radius 2 is 1.66 bits per heavy atom. The van der Waals surface area contributed by atoms with E-state index in [9.17, 15) is 23.2 Å². The molecule has 0 aliphatic rings. The molecule has 0 atom stereocenters. The molecular formula is C24H19F2N3O3. The molecule has 0 fully saturated rings. The van der Waals surface area contributed by atoms with E-state index in [4.69, 9.17) is 0 Å². The normalized spacial score (nSPS) is 11.0. The average Bonchev–Trinajstić information content (AvgIpc) is 2.78. The molecule has 4 aromatic rings. The van der Waals surface area contributed by atoms with E-state index in [2.05, 4.69) is 5.32 Å². The maximum atomic E-state index is 13.9. The number of halogens is 2. The quantitative estimate of drug-likeness (QED) is 0.522. The fraction of sp³-hybridized carbons (Fsp3) is 0.125. The van der Waals surface area contributed by atoms with Gasteiger partial charge < -0.3 is 5.32 Å². The monoisotopic (exact) mass is 435 g/mol. The van der Waals surface area contributed by atoms with E-state index in [1.54, 1.807) is 24.3 Å². The topological polar surface area (TPSA) is 73.1 Å². The molecule has 8 heteroatoms. The molecular weight excluding hydrogens is 416 g/mol. The van der Waals surface area contributed by atoms with Crippen LogP contribution in [0.2, 0.25) is 0 Å².